The van der Waals surface area contributed by atoms with Gasteiger partial charge in [0.15, 0.2) is 11.3 Å². The van der Waals surface area contributed by atoms with Gasteiger partial charge < -0.3 is 29.3 Å². The van der Waals surface area contributed by atoms with Crippen molar-refractivity contribution in [1.82, 2.24) is 10.3 Å². The van der Waals surface area contributed by atoms with Crippen molar-refractivity contribution in [3.63, 3.8) is 0 Å². The average Bonchev–Trinajstić information content (AvgIpc) is 2.82. The third-order valence-corrected chi connectivity index (χ3v) is 5.41. The summed E-state index contributed by atoms with van der Waals surface area (Å²) in [6, 6.07) is 4.73. The highest BCUT2D eigenvalue weighted by atomic mass is 35.5. The lowest BCUT2D eigenvalue weighted by atomic mass is 10.1. The summed E-state index contributed by atoms with van der Waals surface area (Å²) in [6.45, 7) is 0.333. The molecule has 2 heterocycles. The second-order valence-electron chi connectivity index (χ2n) is 7.19. The SMILES string of the molecule is COc1ccc2c(Nc3c(Cl)cncc3Cl)cc(=O)oc2c1OCCCCCC(=O)NCC=O. The molecule has 0 radical (unpaired) electrons. The summed E-state index contributed by atoms with van der Waals surface area (Å²) >= 11 is 12.4. The Morgan fingerprint density at radius 2 is 1.94 bits per heavy atom. The van der Waals surface area contributed by atoms with Crippen LogP contribution in [0, 0.1) is 0 Å². The number of pyridine rings is 1. The van der Waals surface area contributed by atoms with Gasteiger partial charge in [-0.05, 0) is 31.4 Å². The van der Waals surface area contributed by atoms with E-state index >= 15 is 0 Å². The Kier molecular flexibility index (Phi) is 9.12. The molecule has 0 spiro atoms. The molecule has 1 aromatic carbocycles. The number of unbranched alkanes of at least 4 members (excludes halogenated alkanes) is 2. The molecule has 0 unspecified atom stereocenters. The monoisotopic (exact) mass is 507 g/mol. The Balaban J connectivity index is 1.77. The van der Waals surface area contributed by atoms with E-state index in [0.717, 1.165) is 6.42 Å². The molecule has 0 fully saturated rings. The molecule has 1 amide bonds. The van der Waals surface area contributed by atoms with E-state index in [9.17, 15) is 14.4 Å². The number of anilines is 2. The van der Waals surface area contributed by atoms with Gasteiger partial charge in [-0.15, -0.1) is 0 Å². The highest BCUT2D eigenvalue weighted by Crippen LogP contribution is 2.40. The minimum absolute atomic E-state index is 0.0183. The molecule has 3 aromatic rings. The van der Waals surface area contributed by atoms with Crippen LogP contribution in [0.25, 0.3) is 11.0 Å². The van der Waals surface area contributed by atoms with E-state index in [4.69, 9.17) is 37.1 Å². The Labute approximate surface area is 205 Å². The smallest absolute Gasteiger partial charge is 0.338 e. The van der Waals surface area contributed by atoms with Gasteiger partial charge in [-0.25, -0.2) is 4.79 Å². The molecule has 0 atom stereocenters. The molecule has 180 valence electrons. The molecule has 3 rings (SSSR count). The van der Waals surface area contributed by atoms with Gasteiger partial charge in [0.2, 0.25) is 11.7 Å². The van der Waals surface area contributed by atoms with E-state index in [1.54, 1.807) is 12.1 Å². The van der Waals surface area contributed by atoms with Crippen molar-refractivity contribution < 1.29 is 23.5 Å². The molecule has 34 heavy (non-hydrogen) atoms. The zero-order chi connectivity index (χ0) is 24.5. The van der Waals surface area contributed by atoms with Crippen LogP contribution < -0.4 is 25.7 Å². The van der Waals surface area contributed by atoms with E-state index in [1.165, 1.54) is 25.6 Å². The molecule has 0 bridgehead atoms. The molecule has 0 aliphatic rings. The number of benzene rings is 1. The zero-order valence-electron chi connectivity index (χ0n) is 18.4. The van der Waals surface area contributed by atoms with Gasteiger partial charge in [-0.2, -0.15) is 0 Å². The highest BCUT2D eigenvalue weighted by Gasteiger charge is 2.17. The molecule has 9 nitrogen and oxygen atoms in total. The summed E-state index contributed by atoms with van der Waals surface area (Å²) in [7, 11) is 1.49. The first-order valence-corrected chi connectivity index (χ1v) is 11.2. The first-order chi connectivity index (χ1) is 16.4. The number of carbonyl (C=O) groups is 2. The van der Waals surface area contributed by atoms with Gasteiger partial charge in [-0.1, -0.05) is 23.2 Å². The summed E-state index contributed by atoms with van der Waals surface area (Å²) in [6.07, 6.45) is 5.89. The number of amides is 1. The second-order valence-corrected chi connectivity index (χ2v) is 8.00. The molecular weight excluding hydrogens is 485 g/mol. The highest BCUT2D eigenvalue weighted by molar-refractivity contribution is 6.39. The van der Waals surface area contributed by atoms with Crippen LogP contribution in [-0.4, -0.2) is 37.4 Å². The molecule has 0 aliphatic carbocycles. The number of aldehydes is 1. The minimum atomic E-state index is -0.601. The number of carbonyl (C=O) groups excluding carboxylic acids is 2. The maximum absolute atomic E-state index is 12.3. The quantitative estimate of drug-likeness (QED) is 0.209. The van der Waals surface area contributed by atoms with Crippen LogP contribution in [0.2, 0.25) is 10.0 Å². The van der Waals surface area contributed by atoms with Crippen LogP contribution in [0.3, 0.4) is 0 Å². The largest absolute Gasteiger partial charge is 0.493 e. The lowest BCUT2D eigenvalue weighted by molar-refractivity contribution is -0.122. The number of methoxy groups -OCH3 is 1. The number of ether oxygens (including phenoxy) is 2. The Bertz CT molecular complexity index is 1210. The summed E-state index contributed by atoms with van der Waals surface area (Å²) in [4.78, 5) is 38.1. The lowest BCUT2D eigenvalue weighted by Crippen LogP contribution is -2.24. The first-order valence-electron chi connectivity index (χ1n) is 10.5. The Morgan fingerprint density at radius 3 is 2.65 bits per heavy atom. The van der Waals surface area contributed by atoms with Crippen molar-refractivity contribution >= 4 is 57.7 Å². The maximum Gasteiger partial charge on any atom is 0.338 e. The van der Waals surface area contributed by atoms with Gasteiger partial charge in [-0.3, -0.25) is 9.78 Å². The van der Waals surface area contributed by atoms with Crippen molar-refractivity contribution in [2.24, 2.45) is 0 Å². The summed E-state index contributed by atoms with van der Waals surface area (Å²) in [5.74, 6) is 0.525. The standard InChI is InChI=1S/C23H23Cl2N3O6/c1-32-18-7-6-14-17(28-21-15(24)12-26-13-16(21)25)11-20(31)34-22(14)23(18)33-10-4-2-3-5-19(30)27-8-9-29/h6-7,9,11-13H,2-5,8,10H2,1H3,(H,26,28)(H,27,30). The number of hydrogen-bond donors (Lipinski definition) is 2. The van der Waals surface area contributed by atoms with Crippen molar-refractivity contribution in [2.45, 2.75) is 25.7 Å². The maximum atomic E-state index is 12.3. The minimum Gasteiger partial charge on any atom is -0.493 e. The molecule has 0 saturated carbocycles. The van der Waals surface area contributed by atoms with E-state index < -0.39 is 5.63 Å². The van der Waals surface area contributed by atoms with Crippen LogP contribution in [0.5, 0.6) is 11.5 Å². The van der Waals surface area contributed by atoms with Crippen molar-refractivity contribution in [1.29, 1.82) is 0 Å². The van der Waals surface area contributed by atoms with Crippen molar-refractivity contribution in [3.05, 3.63) is 51.1 Å². The van der Waals surface area contributed by atoms with E-state index in [-0.39, 0.29) is 23.8 Å². The van der Waals surface area contributed by atoms with Crippen LogP contribution >= 0.6 is 23.2 Å². The van der Waals surface area contributed by atoms with E-state index in [2.05, 4.69) is 15.6 Å². The van der Waals surface area contributed by atoms with Gasteiger partial charge in [0.05, 0.1) is 41.7 Å². The molecule has 11 heteroatoms. The van der Waals surface area contributed by atoms with Crippen LogP contribution in [-0.2, 0) is 9.59 Å². The molecule has 0 aliphatic heterocycles. The summed E-state index contributed by atoms with van der Waals surface area (Å²) in [5, 5.41) is 6.72. The number of aromatic nitrogens is 1. The van der Waals surface area contributed by atoms with Crippen molar-refractivity contribution in [3.8, 4) is 11.5 Å². The third-order valence-electron chi connectivity index (χ3n) is 4.84. The normalized spacial score (nSPS) is 10.7. The molecule has 2 aromatic heterocycles. The molecule has 2 N–H and O–H groups in total. The van der Waals surface area contributed by atoms with Crippen molar-refractivity contribution in [2.75, 3.05) is 25.6 Å². The third kappa shape index (κ3) is 6.39. The summed E-state index contributed by atoms with van der Waals surface area (Å²) < 4.78 is 16.8. The van der Waals surface area contributed by atoms with Gasteiger partial charge in [0.1, 0.15) is 6.29 Å². The number of nitrogens with one attached hydrogen (secondary N) is 2. The predicted molar refractivity (Wildman–Crippen MR) is 130 cm³/mol. The summed E-state index contributed by atoms with van der Waals surface area (Å²) in [5.41, 5.74) is 0.440. The Hall–Kier alpha value is -3.30. The number of rotatable bonds is 12. The fourth-order valence-corrected chi connectivity index (χ4v) is 3.69. The molecular formula is C23H23Cl2N3O6. The fraction of sp³-hybridized carbons (Fsp3) is 0.304. The van der Waals surface area contributed by atoms with Gasteiger partial charge in [0.25, 0.3) is 0 Å². The van der Waals surface area contributed by atoms with Crippen LogP contribution in [0.15, 0.2) is 39.8 Å². The number of hydrogen-bond acceptors (Lipinski definition) is 8. The fourth-order valence-electron chi connectivity index (χ4n) is 3.23. The molecule has 0 saturated heterocycles. The van der Waals surface area contributed by atoms with Gasteiger partial charge >= 0.3 is 5.63 Å². The topological polar surface area (TPSA) is 120 Å². The zero-order valence-corrected chi connectivity index (χ0v) is 19.9. The van der Waals surface area contributed by atoms with E-state index in [1.807, 2.05) is 0 Å². The van der Waals surface area contributed by atoms with Gasteiger partial charge in [0, 0.05) is 30.3 Å². The number of halogens is 2. The number of fused-ring (bicyclic) bond motifs is 1. The van der Waals surface area contributed by atoms with Crippen LogP contribution in [0.1, 0.15) is 25.7 Å². The second kappa shape index (κ2) is 12.2. The Morgan fingerprint density at radius 1 is 1.18 bits per heavy atom. The lowest BCUT2D eigenvalue weighted by Gasteiger charge is -2.15. The number of nitrogens with zero attached hydrogens (tertiary/aromatic N) is 1. The first kappa shape index (κ1) is 25.3. The van der Waals surface area contributed by atoms with Crippen LogP contribution in [0.4, 0.5) is 11.4 Å². The predicted octanol–water partition coefficient (Wildman–Crippen LogP) is 4.50. The van der Waals surface area contributed by atoms with E-state index in [0.29, 0.717) is 64.7 Å². The average molecular weight is 508 g/mol.